The first kappa shape index (κ1) is 25.0. The molecular weight excluding hydrogens is 494 g/mol. The van der Waals surface area contributed by atoms with Crippen molar-refractivity contribution < 1.29 is 14.3 Å². The minimum atomic E-state index is -0.482. The average molecular weight is 524 g/mol. The third-order valence-corrected chi connectivity index (χ3v) is 7.21. The van der Waals surface area contributed by atoms with Crippen molar-refractivity contribution in [3.63, 3.8) is 0 Å². The fourth-order valence-electron chi connectivity index (χ4n) is 4.95. The predicted molar refractivity (Wildman–Crippen MR) is 142 cm³/mol. The molecule has 4 N–H and O–H groups in total. The van der Waals surface area contributed by atoms with Crippen molar-refractivity contribution >= 4 is 51.6 Å². The molecule has 2 amide bonds. The summed E-state index contributed by atoms with van der Waals surface area (Å²) in [6.45, 7) is 1.42. The zero-order valence-electron chi connectivity index (χ0n) is 20.5. The number of piperidine rings is 1. The molecule has 0 atom stereocenters. The van der Waals surface area contributed by atoms with Crippen LogP contribution in [0.3, 0.4) is 0 Å². The molecule has 2 fully saturated rings. The quantitative estimate of drug-likeness (QED) is 0.405. The van der Waals surface area contributed by atoms with Gasteiger partial charge in [-0.15, -0.1) is 0 Å². The highest BCUT2D eigenvalue weighted by molar-refractivity contribution is 6.32. The molecule has 1 aromatic carbocycles. The molecule has 2 aromatic heterocycles. The van der Waals surface area contributed by atoms with E-state index in [1.165, 1.54) is 19.2 Å². The van der Waals surface area contributed by atoms with Crippen molar-refractivity contribution in [2.45, 2.75) is 44.6 Å². The van der Waals surface area contributed by atoms with Crippen molar-refractivity contribution in [3.05, 3.63) is 41.8 Å². The van der Waals surface area contributed by atoms with Gasteiger partial charge in [0.15, 0.2) is 0 Å². The number of amides is 2. The lowest BCUT2D eigenvalue weighted by Gasteiger charge is -2.33. The third kappa shape index (κ3) is 6.02. The number of fused-ring (bicyclic) bond motifs is 1. The Morgan fingerprint density at radius 2 is 1.86 bits per heavy atom. The van der Waals surface area contributed by atoms with Crippen LogP contribution in [0.1, 0.15) is 38.5 Å². The number of halogens is 1. The Kier molecular flexibility index (Phi) is 7.55. The summed E-state index contributed by atoms with van der Waals surface area (Å²) in [5.41, 5.74) is 6.59. The van der Waals surface area contributed by atoms with Crippen LogP contribution in [0.4, 0.5) is 17.3 Å². The number of nitrogens with one attached hydrogen (secondary N) is 2. The normalized spacial score (nSPS) is 16.6. The number of hydrogen-bond donors (Lipinski definition) is 3. The Bertz CT molecular complexity index is 1290. The standard InChI is InChI=1S/C26H30ClN7O3/c27-20-11-17(33-25-19-12-24(30-14-23(28)35)29-13-21(19)31-15-32-25)5-6-22(20)37-18-7-9-34(10-8-18)26(36)16-3-1-2-4-16/h5-6,11-13,15-16,18H,1-4,7-10,14H2,(H2,28,35)(H,29,30)(H,31,32,33). The van der Waals surface area contributed by atoms with Gasteiger partial charge in [0, 0.05) is 42.9 Å². The van der Waals surface area contributed by atoms with Gasteiger partial charge in [-0.05, 0) is 37.1 Å². The first-order valence-electron chi connectivity index (χ1n) is 12.6. The smallest absolute Gasteiger partial charge is 0.236 e. The first-order chi connectivity index (χ1) is 18.0. The maximum atomic E-state index is 12.7. The van der Waals surface area contributed by atoms with Crippen LogP contribution in [0, 0.1) is 5.92 Å². The number of benzene rings is 1. The fraction of sp³-hybridized carbons (Fsp3) is 0.423. The number of nitrogens with zero attached hydrogens (tertiary/aromatic N) is 4. The van der Waals surface area contributed by atoms with Gasteiger partial charge in [-0.2, -0.15) is 0 Å². The Hall–Kier alpha value is -3.66. The average Bonchev–Trinajstić information content (AvgIpc) is 3.44. The largest absolute Gasteiger partial charge is 0.489 e. The second kappa shape index (κ2) is 11.2. The number of hydrogen-bond acceptors (Lipinski definition) is 8. The van der Waals surface area contributed by atoms with E-state index in [2.05, 4.69) is 25.6 Å². The van der Waals surface area contributed by atoms with Crippen LogP contribution in [-0.2, 0) is 9.59 Å². The monoisotopic (exact) mass is 523 g/mol. The zero-order chi connectivity index (χ0) is 25.8. The van der Waals surface area contributed by atoms with Gasteiger partial charge in [0.05, 0.1) is 23.3 Å². The van der Waals surface area contributed by atoms with E-state index in [-0.39, 0.29) is 18.6 Å². The van der Waals surface area contributed by atoms with Gasteiger partial charge in [0.2, 0.25) is 11.8 Å². The van der Waals surface area contributed by atoms with Crippen molar-refractivity contribution in [1.82, 2.24) is 19.9 Å². The van der Waals surface area contributed by atoms with Crippen molar-refractivity contribution in [1.29, 1.82) is 0 Å². The summed E-state index contributed by atoms with van der Waals surface area (Å²) in [5, 5.41) is 7.36. The molecule has 1 aliphatic heterocycles. The van der Waals surface area contributed by atoms with Crippen LogP contribution >= 0.6 is 11.6 Å². The molecule has 1 saturated heterocycles. The Morgan fingerprint density at radius 3 is 2.59 bits per heavy atom. The molecular formula is C26H30ClN7O3. The van der Waals surface area contributed by atoms with E-state index < -0.39 is 5.91 Å². The van der Waals surface area contributed by atoms with Crippen LogP contribution < -0.4 is 21.1 Å². The highest BCUT2D eigenvalue weighted by atomic mass is 35.5. The number of pyridine rings is 1. The topological polar surface area (TPSA) is 135 Å². The van der Waals surface area contributed by atoms with E-state index in [1.807, 2.05) is 17.0 Å². The molecule has 2 aliphatic rings. The van der Waals surface area contributed by atoms with E-state index in [4.69, 9.17) is 22.1 Å². The molecule has 0 bridgehead atoms. The van der Waals surface area contributed by atoms with Crippen LogP contribution in [-0.4, -0.2) is 57.4 Å². The lowest BCUT2D eigenvalue weighted by Crippen LogP contribution is -2.44. The Balaban J connectivity index is 1.22. The summed E-state index contributed by atoms with van der Waals surface area (Å²) in [6.07, 6.45) is 9.05. The zero-order valence-corrected chi connectivity index (χ0v) is 21.2. The van der Waals surface area contributed by atoms with Gasteiger partial charge in [-0.1, -0.05) is 24.4 Å². The molecule has 37 heavy (non-hydrogen) atoms. The van der Waals surface area contributed by atoms with Gasteiger partial charge in [0.1, 0.15) is 29.8 Å². The molecule has 0 unspecified atom stereocenters. The highest BCUT2D eigenvalue weighted by Gasteiger charge is 2.30. The number of likely N-dealkylation sites (tertiary alicyclic amines) is 1. The molecule has 0 radical (unpaired) electrons. The summed E-state index contributed by atoms with van der Waals surface area (Å²) in [7, 11) is 0. The summed E-state index contributed by atoms with van der Waals surface area (Å²) >= 11 is 6.57. The molecule has 11 heteroatoms. The Morgan fingerprint density at radius 1 is 1.08 bits per heavy atom. The Labute approximate surface area is 220 Å². The first-order valence-corrected chi connectivity index (χ1v) is 13.0. The number of aromatic nitrogens is 3. The number of carbonyl (C=O) groups is 2. The minimum Gasteiger partial charge on any atom is -0.489 e. The highest BCUT2D eigenvalue weighted by Crippen LogP contribution is 2.33. The van der Waals surface area contributed by atoms with E-state index in [0.29, 0.717) is 33.8 Å². The van der Waals surface area contributed by atoms with E-state index >= 15 is 0 Å². The number of primary amides is 1. The summed E-state index contributed by atoms with van der Waals surface area (Å²) < 4.78 is 6.20. The third-order valence-electron chi connectivity index (χ3n) is 6.91. The molecule has 1 saturated carbocycles. The number of nitrogens with two attached hydrogens (primary N) is 1. The number of rotatable bonds is 8. The number of carbonyl (C=O) groups excluding carboxylic acids is 2. The lowest BCUT2D eigenvalue weighted by atomic mass is 10.0. The maximum Gasteiger partial charge on any atom is 0.236 e. The second-order valence-corrected chi connectivity index (χ2v) is 9.93. The van der Waals surface area contributed by atoms with Gasteiger partial charge < -0.3 is 26.0 Å². The molecule has 1 aliphatic carbocycles. The van der Waals surface area contributed by atoms with E-state index in [1.54, 1.807) is 18.3 Å². The molecule has 194 valence electrons. The van der Waals surface area contributed by atoms with Crippen LogP contribution in [0.5, 0.6) is 5.75 Å². The number of ether oxygens (including phenoxy) is 1. The van der Waals surface area contributed by atoms with Gasteiger partial charge in [-0.3, -0.25) is 9.59 Å². The van der Waals surface area contributed by atoms with Gasteiger partial charge in [0.25, 0.3) is 0 Å². The van der Waals surface area contributed by atoms with E-state index in [0.717, 1.165) is 49.8 Å². The number of anilines is 3. The van der Waals surface area contributed by atoms with Crippen molar-refractivity contribution in [2.75, 3.05) is 30.3 Å². The molecule has 0 spiro atoms. The maximum absolute atomic E-state index is 12.7. The molecule has 3 aromatic rings. The summed E-state index contributed by atoms with van der Waals surface area (Å²) in [5.74, 6) is 1.72. The van der Waals surface area contributed by atoms with Crippen LogP contribution in [0.15, 0.2) is 36.8 Å². The molecule has 3 heterocycles. The molecule has 5 rings (SSSR count). The van der Waals surface area contributed by atoms with E-state index in [9.17, 15) is 9.59 Å². The van der Waals surface area contributed by atoms with Gasteiger partial charge >= 0.3 is 0 Å². The fourth-order valence-corrected chi connectivity index (χ4v) is 5.17. The van der Waals surface area contributed by atoms with Crippen molar-refractivity contribution in [3.8, 4) is 5.75 Å². The summed E-state index contributed by atoms with van der Waals surface area (Å²) in [6, 6.07) is 7.26. The van der Waals surface area contributed by atoms with Crippen LogP contribution in [0.25, 0.3) is 10.9 Å². The van der Waals surface area contributed by atoms with Crippen molar-refractivity contribution in [2.24, 2.45) is 11.7 Å². The van der Waals surface area contributed by atoms with Crippen LogP contribution in [0.2, 0.25) is 5.02 Å². The SMILES string of the molecule is NC(=O)CNc1cc2c(Nc3ccc(OC4CCN(C(=O)C5CCCC5)CC4)c(Cl)c3)ncnc2cn1. The molecule has 10 nitrogen and oxygen atoms in total. The predicted octanol–water partition coefficient (Wildman–Crippen LogP) is 3.88. The summed E-state index contributed by atoms with van der Waals surface area (Å²) in [4.78, 5) is 38.6. The van der Waals surface area contributed by atoms with Gasteiger partial charge in [-0.25, -0.2) is 15.0 Å². The minimum absolute atomic E-state index is 0.0218. The lowest BCUT2D eigenvalue weighted by molar-refractivity contribution is -0.137. The second-order valence-electron chi connectivity index (χ2n) is 9.52.